The van der Waals surface area contributed by atoms with Crippen LogP contribution in [0.1, 0.15) is 56.9 Å². The molecule has 1 fully saturated rings. The van der Waals surface area contributed by atoms with E-state index in [9.17, 15) is 28.5 Å². The van der Waals surface area contributed by atoms with Gasteiger partial charge in [0.25, 0.3) is 0 Å². The number of aliphatic hydroxyl groups excluding tert-OH is 3. The van der Waals surface area contributed by atoms with Gasteiger partial charge < -0.3 is 20.1 Å². The molecule has 198 valence electrons. The van der Waals surface area contributed by atoms with E-state index >= 15 is 0 Å². The normalized spacial score (nSPS) is 23.5. The average Bonchev–Trinajstić information content (AvgIpc) is 3.08. The molecule has 0 spiro atoms. The van der Waals surface area contributed by atoms with Gasteiger partial charge in [0.1, 0.15) is 6.61 Å². The number of rotatable bonds is 16. The van der Waals surface area contributed by atoms with Crippen LogP contribution in [0.2, 0.25) is 0 Å². The molecule has 0 aromatic heterocycles. The number of hydrogen-bond donors (Lipinski definition) is 3. The van der Waals surface area contributed by atoms with Gasteiger partial charge in [-0.3, -0.25) is 4.79 Å². The maximum Gasteiger partial charge on any atom is 0.305 e. The molecule has 1 aliphatic carbocycles. The van der Waals surface area contributed by atoms with Gasteiger partial charge in [-0.15, -0.1) is 0 Å². The lowest BCUT2D eigenvalue weighted by atomic mass is 9.85. The first-order valence-corrected chi connectivity index (χ1v) is 15.8. The van der Waals surface area contributed by atoms with E-state index in [2.05, 4.69) is 12.1 Å². The molecule has 1 aromatic rings. The van der Waals surface area contributed by atoms with Gasteiger partial charge in [0.05, 0.1) is 18.3 Å². The Morgan fingerprint density at radius 2 is 1.86 bits per heavy atom. The second-order valence-electron chi connectivity index (χ2n) is 9.30. The lowest BCUT2D eigenvalue weighted by molar-refractivity contribution is -0.143. The Morgan fingerprint density at radius 3 is 2.57 bits per heavy atom. The predicted octanol–water partition coefficient (Wildman–Crippen LogP) is 3.47. The molecule has 0 bridgehead atoms. The van der Waals surface area contributed by atoms with E-state index in [-0.39, 0.29) is 36.6 Å². The molecule has 9 heteroatoms. The molecule has 7 nitrogen and oxygen atoms in total. The molecule has 0 radical (unpaired) electrons. The van der Waals surface area contributed by atoms with Crippen molar-refractivity contribution in [1.82, 2.24) is 0 Å². The maximum atomic E-state index is 11.7. The first-order chi connectivity index (χ1) is 16.7. The molecule has 0 aliphatic heterocycles. The van der Waals surface area contributed by atoms with Crippen LogP contribution in [0.3, 0.4) is 0 Å². The van der Waals surface area contributed by atoms with E-state index in [0.29, 0.717) is 44.9 Å². The summed E-state index contributed by atoms with van der Waals surface area (Å²) in [5.41, 5.74) is 1.20. The number of benzene rings is 1. The summed E-state index contributed by atoms with van der Waals surface area (Å²) in [5, 5.41) is 31.3. The van der Waals surface area contributed by atoms with Crippen molar-refractivity contribution in [2.24, 2.45) is 11.8 Å². The van der Waals surface area contributed by atoms with Crippen LogP contribution in [0.15, 0.2) is 42.5 Å². The Morgan fingerprint density at radius 1 is 1.14 bits per heavy atom. The van der Waals surface area contributed by atoms with Crippen molar-refractivity contribution >= 4 is 25.6 Å². The van der Waals surface area contributed by atoms with Gasteiger partial charge in [0.15, 0.2) is 8.87 Å². The fourth-order valence-corrected chi connectivity index (χ4v) is 6.13. The van der Waals surface area contributed by atoms with Crippen molar-refractivity contribution in [3.63, 3.8) is 0 Å². The van der Waals surface area contributed by atoms with Crippen molar-refractivity contribution in [3.05, 3.63) is 48.0 Å². The number of hydrogen-bond acceptors (Lipinski definition) is 8. The number of aliphatic hydroxyl groups is 3. The number of carbonyl (C=O) groups is 1. The van der Waals surface area contributed by atoms with Crippen LogP contribution in [0, 0.1) is 11.8 Å². The van der Waals surface area contributed by atoms with E-state index in [1.807, 2.05) is 30.4 Å². The quantitative estimate of drug-likeness (QED) is 0.129. The highest BCUT2D eigenvalue weighted by Crippen LogP contribution is 2.38. The van der Waals surface area contributed by atoms with E-state index in [4.69, 9.17) is 4.74 Å². The van der Waals surface area contributed by atoms with Crippen LogP contribution in [0.25, 0.3) is 0 Å². The number of ether oxygens (including phenoxy) is 1. The zero-order chi connectivity index (χ0) is 25.7. The average molecular weight is 529 g/mol. The fraction of sp³-hybridized carbons (Fsp3) is 0.654. The lowest BCUT2D eigenvalue weighted by Gasteiger charge is -2.23. The van der Waals surface area contributed by atoms with Crippen LogP contribution in [0.5, 0.6) is 0 Å². The fourth-order valence-electron chi connectivity index (χ4n) is 4.56. The number of allylic oxidation sites excluding steroid dienone is 2. The second-order valence-corrected chi connectivity index (χ2v) is 13.9. The molecule has 0 unspecified atom stereocenters. The van der Waals surface area contributed by atoms with Crippen molar-refractivity contribution < 1.29 is 33.3 Å². The summed E-state index contributed by atoms with van der Waals surface area (Å²) in [6.07, 6.45) is 8.94. The second kappa shape index (κ2) is 15.7. The van der Waals surface area contributed by atoms with E-state index in [0.717, 1.165) is 23.5 Å². The van der Waals surface area contributed by atoms with Gasteiger partial charge in [0, 0.05) is 18.4 Å². The van der Waals surface area contributed by atoms with Gasteiger partial charge in [-0.25, -0.2) is 8.42 Å². The third kappa shape index (κ3) is 12.4. The topological polar surface area (TPSA) is 121 Å². The summed E-state index contributed by atoms with van der Waals surface area (Å²) in [5.74, 6) is -0.195. The van der Waals surface area contributed by atoms with Gasteiger partial charge in [-0.2, -0.15) is 0 Å². The largest absolute Gasteiger partial charge is 0.465 e. The highest BCUT2D eigenvalue weighted by atomic mass is 33.1. The van der Waals surface area contributed by atoms with Crippen molar-refractivity contribution in [1.29, 1.82) is 0 Å². The molecule has 1 aromatic carbocycles. The molecule has 1 aliphatic rings. The summed E-state index contributed by atoms with van der Waals surface area (Å²) in [4.78, 5) is 11.7. The van der Waals surface area contributed by atoms with E-state index in [1.54, 1.807) is 0 Å². The monoisotopic (exact) mass is 528 g/mol. The molecule has 2 rings (SSSR count). The van der Waals surface area contributed by atoms with Gasteiger partial charge in [0.2, 0.25) is 0 Å². The zero-order valence-corrected chi connectivity index (χ0v) is 22.1. The predicted molar refractivity (Wildman–Crippen MR) is 139 cm³/mol. The molecule has 1 saturated carbocycles. The number of esters is 1. The number of aryl methyl sites for hydroxylation is 1. The van der Waals surface area contributed by atoms with Crippen LogP contribution >= 0.6 is 10.8 Å². The molecular formula is C26H40O7S2. The highest BCUT2D eigenvalue weighted by molar-refractivity contribution is 8.71. The SMILES string of the molecule is CS(=O)(=O)SCCOC(=O)CCC/C=C/C[C@@H]1[C@@H](CC[C@@H](O)CCc2ccccc2)[C@H](O)C[C@@H]1O. The molecule has 0 amide bonds. The third-order valence-corrected chi connectivity index (χ3v) is 8.98. The number of unbranched alkanes of at least 4 members (excludes halogenated alkanes) is 1. The Kier molecular flexibility index (Phi) is 13.4. The van der Waals surface area contributed by atoms with Crippen LogP contribution in [0.4, 0.5) is 0 Å². The summed E-state index contributed by atoms with van der Waals surface area (Å²) in [6, 6.07) is 10.1. The maximum absolute atomic E-state index is 11.7. The van der Waals surface area contributed by atoms with E-state index in [1.165, 1.54) is 5.56 Å². The Hall–Kier alpha value is -1.39. The summed E-state index contributed by atoms with van der Waals surface area (Å²) in [7, 11) is -2.36. The van der Waals surface area contributed by atoms with E-state index < -0.39 is 27.2 Å². The Bertz CT molecular complexity index is 873. The first kappa shape index (κ1) is 29.8. The zero-order valence-electron chi connectivity index (χ0n) is 20.5. The molecule has 5 atom stereocenters. The molecule has 3 N–H and O–H groups in total. The van der Waals surface area contributed by atoms with Gasteiger partial charge in [-0.05, 0) is 79.6 Å². The molecule has 35 heavy (non-hydrogen) atoms. The Balaban J connectivity index is 1.64. The minimum absolute atomic E-state index is 0.0409. The standard InChI is InChI=1S/C26H40O7S2/c1-35(31,32)34-18-17-33-26(30)12-8-3-2-7-11-22-23(25(29)19-24(22)28)16-15-21(27)14-13-20-9-5-4-6-10-20/h2,4-7,9-10,21-25,27-29H,3,8,11-19H2,1H3/b7-2+/t21-,22+,23+,24-,25+/m0/s1. The molecular weight excluding hydrogens is 488 g/mol. The van der Waals surface area contributed by atoms with Crippen molar-refractivity contribution in [2.75, 3.05) is 18.6 Å². The summed E-state index contributed by atoms with van der Waals surface area (Å²) >= 11 is 0. The van der Waals surface area contributed by atoms with Crippen molar-refractivity contribution in [2.45, 2.75) is 76.1 Å². The van der Waals surface area contributed by atoms with Crippen molar-refractivity contribution in [3.8, 4) is 0 Å². The third-order valence-electron chi connectivity index (χ3n) is 6.43. The van der Waals surface area contributed by atoms with Crippen LogP contribution in [-0.4, -0.2) is 66.6 Å². The van der Waals surface area contributed by atoms with Gasteiger partial charge in [-0.1, -0.05) is 42.5 Å². The first-order valence-electron chi connectivity index (χ1n) is 12.4. The Labute approximate surface area is 213 Å². The lowest BCUT2D eigenvalue weighted by Crippen LogP contribution is -2.23. The molecule has 0 heterocycles. The van der Waals surface area contributed by atoms with Crippen LogP contribution < -0.4 is 0 Å². The summed E-state index contributed by atoms with van der Waals surface area (Å²) < 4.78 is 27.1. The highest BCUT2D eigenvalue weighted by Gasteiger charge is 2.40. The minimum atomic E-state index is -3.12. The smallest absolute Gasteiger partial charge is 0.305 e. The summed E-state index contributed by atoms with van der Waals surface area (Å²) in [6.45, 7) is 0.0800. The molecule has 0 saturated heterocycles. The minimum Gasteiger partial charge on any atom is -0.465 e. The van der Waals surface area contributed by atoms with Crippen LogP contribution in [-0.2, 0) is 24.8 Å². The van der Waals surface area contributed by atoms with Gasteiger partial charge >= 0.3 is 5.97 Å². The number of carbonyl (C=O) groups excluding carboxylic acids is 1.